The Morgan fingerprint density at radius 1 is 1.09 bits per heavy atom. The number of ether oxygens (including phenoxy) is 2. The Hall–Kier alpha value is -3.78. The highest BCUT2D eigenvalue weighted by Crippen LogP contribution is 2.35. The molecule has 0 amide bonds. The zero-order chi connectivity index (χ0) is 22.1. The van der Waals surface area contributed by atoms with Crippen molar-refractivity contribution in [2.24, 2.45) is 0 Å². The molecular weight excluding hydrogens is 426 g/mol. The molecule has 162 valence electrons. The van der Waals surface area contributed by atoms with Gasteiger partial charge in [0.2, 0.25) is 6.79 Å². The van der Waals surface area contributed by atoms with Gasteiger partial charge in [0.05, 0.1) is 24.9 Å². The van der Waals surface area contributed by atoms with Crippen molar-refractivity contribution in [1.82, 2.24) is 9.88 Å². The first-order chi connectivity index (χ1) is 15.5. The molecule has 1 aliphatic rings. The molecule has 8 heteroatoms. The van der Waals surface area contributed by atoms with Crippen LogP contribution in [0.15, 0.2) is 70.1 Å². The third-order valence-electron chi connectivity index (χ3n) is 5.26. The number of aryl methyl sites for hydroxylation is 1. The van der Waals surface area contributed by atoms with Crippen molar-refractivity contribution in [3.63, 3.8) is 0 Å². The average molecular weight is 448 g/mol. The predicted octanol–water partition coefficient (Wildman–Crippen LogP) is 4.56. The van der Waals surface area contributed by atoms with Crippen LogP contribution in [0.25, 0.3) is 10.9 Å². The fraction of sp³-hybridized carbons (Fsp3) is 0.167. The minimum Gasteiger partial charge on any atom is -0.467 e. The summed E-state index contributed by atoms with van der Waals surface area (Å²) in [5.74, 6) is 2.04. The lowest BCUT2D eigenvalue weighted by Crippen LogP contribution is -2.35. The van der Waals surface area contributed by atoms with E-state index in [1.54, 1.807) is 12.3 Å². The van der Waals surface area contributed by atoms with Crippen molar-refractivity contribution in [3.05, 3.63) is 88.1 Å². The zero-order valence-electron chi connectivity index (χ0n) is 17.4. The second-order valence-corrected chi connectivity index (χ2v) is 8.04. The van der Waals surface area contributed by atoms with Gasteiger partial charge in [-0.2, -0.15) is 0 Å². The van der Waals surface area contributed by atoms with E-state index in [9.17, 15) is 4.79 Å². The Bertz CT molecular complexity index is 1350. The van der Waals surface area contributed by atoms with E-state index in [1.807, 2.05) is 60.4 Å². The molecular formula is C24H21N3O4S. The SMILES string of the molecule is Cc1cccc(NC(=S)N(Cc2ccco2)Cc2cc3cc4c(cc3[nH]c2=O)OCO4)c1. The van der Waals surface area contributed by atoms with Crippen LogP contribution in [0.2, 0.25) is 0 Å². The van der Waals surface area contributed by atoms with Crippen LogP contribution in [0, 0.1) is 6.92 Å². The monoisotopic (exact) mass is 447 g/mol. The van der Waals surface area contributed by atoms with E-state index in [0.29, 0.717) is 40.8 Å². The summed E-state index contributed by atoms with van der Waals surface area (Å²) < 4.78 is 16.4. The van der Waals surface area contributed by atoms with Crippen LogP contribution < -0.4 is 20.3 Å². The molecule has 0 bridgehead atoms. The second-order valence-electron chi connectivity index (χ2n) is 7.65. The van der Waals surface area contributed by atoms with E-state index < -0.39 is 0 Å². The number of nitrogens with one attached hydrogen (secondary N) is 2. The van der Waals surface area contributed by atoms with Gasteiger partial charge in [-0.25, -0.2) is 0 Å². The molecule has 0 atom stereocenters. The van der Waals surface area contributed by atoms with Gasteiger partial charge < -0.3 is 29.1 Å². The van der Waals surface area contributed by atoms with Crippen molar-refractivity contribution in [2.45, 2.75) is 20.0 Å². The minimum absolute atomic E-state index is 0.179. The summed E-state index contributed by atoms with van der Waals surface area (Å²) in [6.07, 6.45) is 1.62. The van der Waals surface area contributed by atoms with Gasteiger partial charge in [0, 0.05) is 22.7 Å². The van der Waals surface area contributed by atoms with Crippen LogP contribution in [0.1, 0.15) is 16.9 Å². The smallest absolute Gasteiger partial charge is 0.253 e. The molecule has 2 aromatic heterocycles. The molecule has 0 fully saturated rings. The molecule has 0 unspecified atom stereocenters. The molecule has 2 aromatic carbocycles. The van der Waals surface area contributed by atoms with Crippen molar-refractivity contribution < 1.29 is 13.9 Å². The molecule has 0 aliphatic carbocycles. The van der Waals surface area contributed by atoms with Crippen LogP contribution in [0.3, 0.4) is 0 Å². The molecule has 7 nitrogen and oxygen atoms in total. The predicted molar refractivity (Wildman–Crippen MR) is 126 cm³/mol. The van der Waals surface area contributed by atoms with Gasteiger partial charge in [0.25, 0.3) is 5.56 Å². The summed E-state index contributed by atoms with van der Waals surface area (Å²) in [5, 5.41) is 4.63. The lowest BCUT2D eigenvalue weighted by atomic mass is 10.1. The number of fused-ring (bicyclic) bond motifs is 2. The van der Waals surface area contributed by atoms with Crippen LogP contribution >= 0.6 is 12.2 Å². The fourth-order valence-corrected chi connectivity index (χ4v) is 3.93. The van der Waals surface area contributed by atoms with Crippen molar-refractivity contribution in [1.29, 1.82) is 0 Å². The van der Waals surface area contributed by atoms with E-state index in [2.05, 4.69) is 10.3 Å². The van der Waals surface area contributed by atoms with E-state index in [1.165, 1.54) is 0 Å². The maximum absolute atomic E-state index is 12.9. The van der Waals surface area contributed by atoms with Crippen LogP contribution in [0.4, 0.5) is 5.69 Å². The first kappa shape index (κ1) is 20.1. The summed E-state index contributed by atoms with van der Waals surface area (Å²) >= 11 is 5.70. The number of benzene rings is 2. The lowest BCUT2D eigenvalue weighted by molar-refractivity contribution is 0.174. The maximum Gasteiger partial charge on any atom is 0.253 e. The molecule has 4 aromatic rings. The van der Waals surface area contributed by atoms with Gasteiger partial charge in [-0.15, -0.1) is 0 Å². The number of rotatable bonds is 5. The van der Waals surface area contributed by atoms with E-state index in [-0.39, 0.29) is 12.4 Å². The Labute approximate surface area is 189 Å². The molecule has 3 heterocycles. The highest BCUT2D eigenvalue weighted by atomic mass is 32.1. The first-order valence-electron chi connectivity index (χ1n) is 10.2. The number of nitrogens with zero attached hydrogens (tertiary/aromatic N) is 1. The highest BCUT2D eigenvalue weighted by molar-refractivity contribution is 7.80. The standard InChI is InChI=1S/C24H21N3O4S/c1-15-4-2-5-18(8-15)25-24(32)27(13-19-6-3-7-29-19)12-17-9-16-10-21-22(31-14-30-21)11-20(16)26-23(17)28/h2-11H,12-14H2,1H3,(H,25,32)(H,26,28). The molecule has 0 saturated heterocycles. The summed E-state index contributed by atoms with van der Waals surface area (Å²) in [7, 11) is 0. The summed E-state index contributed by atoms with van der Waals surface area (Å²) in [4.78, 5) is 17.7. The Kier molecular flexibility index (Phi) is 5.28. The Morgan fingerprint density at radius 2 is 1.94 bits per heavy atom. The topological polar surface area (TPSA) is 79.7 Å². The van der Waals surface area contributed by atoms with Gasteiger partial charge in [-0.05, 0) is 61.1 Å². The Morgan fingerprint density at radius 3 is 2.72 bits per heavy atom. The van der Waals surface area contributed by atoms with Gasteiger partial charge in [0.15, 0.2) is 16.6 Å². The van der Waals surface area contributed by atoms with Crippen molar-refractivity contribution in [2.75, 3.05) is 12.1 Å². The maximum atomic E-state index is 12.9. The summed E-state index contributed by atoms with van der Waals surface area (Å²) in [6, 6.07) is 17.2. The normalized spacial score (nSPS) is 12.2. The number of hydrogen-bond acceptors (Lipinski definition) is 5. The molecule has 0 spiro atoms. The van der Waals surface area contributed by atoms with Gasteiger partial charge in [0.1, 0.15) is 5.76 Å². The van der Waals surface area contributed by atoms with Gasteiger partial charge >= 0.3 is 0 Å². The number of thiocarbonyl (C=S) groups is 1. The largest absolute Gasteiger partial charge is 0.467 e. The van der Waals surface area contributed by atoms with Gasteiger partial charge in [-0.1, -0.05) is 12.1 Å². The Balaban J connectivity index is 1.45. The molecule has 2 N–H and O–H groups in total. The zero-order valence-corrected chi connectivity index (χ0v) is 18.2. The number of aromatic amines is 1. The van der Waals surface area contributed by atoms with Gasteiger partial charge in [-0.3, -0.25) is 4.79 Å². The van der Waals surface area contributed by atoms with Crippen LogP contribution in [-0.2, 0) is 13.1 Å². The lowest BCUT2D eigenvalue weighted by Gasteiger charge is -2.25. The number of H-pyrrole nitrogens is 1. The number of pyridine rings is 1. The summed E-state index contributed by atoms with van der Waals surface area (Å²) in [6.45, 7) is 2.93. The van der Waals surface area contributed by atoms with E-state index in [4.69, 9.17) is 26.1 Å². The molecule has 0 saturated carbocycles. The van der Waals surface area contributed by atoms with Crippen molar-refractivity contribution >= 4 is 33.9 Å². The average Bonchev–Trinajstić information content (AvgIpc) is 3.44. The third kappa shape index (κ3) is 4.17. The number of anilines is 1. The first-order valence-corrected chi connectivity index (χ1v) is 10.6. The molecule has 5 rings (SSSR count). The highest BCUT2D eigenvalue weighted by Gasteiger charge is 2.18. The van der Waals surface area contributed by atoms with E-state index >= 15 is 0 Å². The minimum atomic E-state index is -0.181. The second kappa shape index (κ2) is 8.39. The summed E-state index contributed by atoms with van der Waals surface area (Å²) in [5.41, 5.74) is 3.11. The van der Waals surface area contributed by atoms with Crippen LogP contribution in [0.5, 0.6) is 11.5 Å². The van der Waals surface area contributed by atoms with Crippen LogP contribution in [-0.4, -0.2) is 21.8 Å². The molecule has 1 aliphatic heterocycles. The molecule has 0 radical (unpaired) electrons. The fourth-order valence-electron chi connectivity index (χ4n) is 3.68. The number of furan rings is 1. The quantitative estimate of drug-likeness (QED) is 0.434. The number of aromatic nitrogens is 1. The number of hydrogen-bond donors (Lipinski definition) is 2. The third-order valence-corrected chi connectivity index (χ3v) is 5.62. The van der Waals surface area contributed by atoms with E-state index in [0.717, 1.165) is 22.4 Å². The van der Waals surface area contributed by atoms with Crippen molar-refractivity contribution in [3.8, 4) is 11.5 Å². The molecule has 32 heavy (non-hydrogen) atoms.